The average molecular weight is 409 g/mol. The molecule has 2 aromatic rings. The van der Waals surface area contributed by atoms with Crippen LogP contribution in [-0.4, -0.2) is 32.9 Å². The Labute approximate surface area is 165 Å². The van der Waals surface area contributed by atoms with Gasteiger partial charge in [-0.15, -0.1) is 0 Å². The van der Waals surface area contributed by atoms with Gasteiger partial charge in [0.2, 0.25) is 5.91 Å². The fraction of sp³-hybridized carbons (Fsp3) is 0.421. The molecule has 3 rings (SSSR count). The number of aromatic nitrogens is 2. The van der Waals surface area contributed by atoms with Gasteiger partial charge in [0.1, 0.15) is 5.03 Å². The summed E-state index contributed by atoms with van der Waals surface area (Å²) in [6, 6.07) is 3.14. The van der Waals surface area contributed by atoms with E-state index in [1.54, 1.807) is 4.57 Å². The summed E-state index contributed by atoms with van der Waals surface area (Å²) >= 11 is 1.16. The average Bonchev–Trinajstić information content (AvgIpc) is 2.68. The molecule has 1 aliphatic rings. The molecule has 1 aliphatic carbocycles. The lowest BCUT2D eigenvalue weighted by Crippen LogP contribution is -2.30. The van der Waals surface area contributed by atoms with E-state index in [-0.39, 0.29) is 23.7 Å². The maximum atomic E-state index is 13.2. The number of aliphatic hydroxyl groups excluding tert-OH is 1. The largest absolute Gasteiger partial charge is 0.396 e. The molecule has 0 saturated carbocycles. The Balaban J connectivity index is 1.73. The van der Waals surface area contributed by atoms with E-state index in [1.807, 2.05) is 0 Å². The molecule has 28 heavy (non-hydrogen) atoms. The van der Waals surface area contributed by atoms with E-state index < -0.39 is 17.5 Å². The lowest BCUT2D eigenvalue weighted by Gasteiger charge is -2.22. The van der Waals surface area contributed by atoms with Crippen molar-refractivity contribution in [3.05, 3.63) is 51.6 Å². The quantitative estimate of drug-likeness (QED) is 0.542. The lowest BCUT2D eigenvalue weighted by atomic mass is 9.97. The third-order valence-electron chi connectivity index (χ3n) is 4.53. The van der Waals surface area contributed by atoms with Gasteiger partial charge in [-0.3, -0.25) is 9.36 Å². The van der Waals surface area contributed by atoms with Crippen LogP contribution in [0.15, 0.2) is 28.0 Å². The summed E-state index contributed by atoms with van der Waals surface area (Å²) in [7, 11) is 0. The fourth-order valence-electron chi connectivity index (χ4n) is 3.23. The third kappa shape index (κ3) is 4.77. The lowest BCUT2D eigenvalue weighted by molar-refractivity contribution is -0.113. The topological polar surface area (TPSA) is 84.2 Å². The Morgan fingerprint density at radius 3 is 2.79 bits per heavy atom. The van der Waals surface area contributed by atoms with E-state index in [1.165, 1.54) is 6.07 Å². The standard InChI is InChI=1S/C19H21F2N3O3S/c20-14-7-6-12(10-15(14)21)22-17(26)11-28-18-13-4-1-2-5-16(13)24(8-3-9-25)19(27)23-18/h6-7,10,25H,1-5,8-9,11H2,(H,22,26). The van der Waals surface area contributed by atoms with Crippen LogP contribution in [0.5, 0.6) is 0 Å². The number of nitrogens with one attached hydrogen (secondary N) is 1. The van der Waals surface area contributed by atoms with Crippen LogP contribution in [0.25, 0.3) is 0 Å². The van der Waals surface area contributed by atoms with Crippen LogP contribution in [-0.2, 0) is 24.2 Å². The number of anilines is 1. The number of aliphatic hydroxyl groups is 1. The number of fused-ring (bicyclic) bond motifs is 1. The van der Waals surface area contributed by atoms with Gasteiger partial charge >= 0.3 is 5.69 Å². The second-order valence-corrected chi connectivity index (χ2v) is 7.49. The van der Waals surface area contributed by atoms with Crippen molar-refractivity contribution in [2.24, 2.45) is 0 Å². The zero-order valence-electron chi connectivity index (χ0n) is 15.2. The molecule has 1 aromatic heterocycles. The summed E-state index contributed by atoms with van der Waals surface area (Å²) in [6.45, 7) is 0.425. The van der Waals surface area contributed by atoms with Crippen molar-refractivity contribution in [1.82, 2.24) is 9.55 Å². The molecule has 0 saturated heterocycles. The maximum Gasteiger partial charge on any atom is 0.348 e. The van der Waals surface area contributed by atoms with Crippen LogP contribution in [0, 0.1) is 11.6 Å². The van der Waals surface area contributed by atoms with Crippen molar-refractivity contribution in [3.63, 3.8) is 0 Å². The Kier molecular flexibility index (Phi) is 6.79. The zero-order chi connectivity index (χ0) is 20.1. The molecule has 1 heterocycles. The van der Waals surface area contributed by atoms with E-state index in [4.69, 9.17) is 5.11 Å². The van der Waals surface area contributed by atoms with Gasteiger partial charge in [0.25, 0.3) is 0 Å². The Hall–Kier alpha value is -2.26. The molecule has 2 N–H and O–H groups in total. The number of benzene rings is 1. The molecule has 0 bridgehead atoms. The summed E-state index contributed by atoms with van der Waals surface area (Å²) in [4.78, 5) is 28.7. The SMILES string of the molecule is O=C(CSc1nc(=O)n(CCCO)c2c1CCCC2)Nc1ccc(F)c(F)c1. The van der Waals surface area contributed by atoms with Crippen LogP contribution in [0.4, 0.5) is 14.5 Å². The van der Waals surface area contributed by atoms with Crippen molar-refractivity contribution in [2.45, 2.75) is 43.7 Å². The number of carbonyl (C=O) groups excluding carboxylic acids is 1. The summed E-state index contributed by atoms with van der Waals surface area (Å²) in [5.41, 5.74) is 1.70. The number of amides is 1. The minimum atomic E-state index is -1.03. The van der Waals surface area contributed by atoms with Gasteiger partial charge in [-0.1, -0.05) is 11.8 Å². The predicted molar refractivity (Wildman–Crippen MR) is 103 cm³/mol. The Morgan fingerprint density at radius 2 is 2.04 bits per heavy atom. The number of hydrogen-bond acceptors (Lipinski definition) is 5. The Morgan fingerprint density at radius 1 is 1.25 bits per heavy atom. The third-order valence-corrected chi connectivity index (χ3v) is 5.55. The second-order valence-electron chi connectivity index (χ2n) is 6.53. The molecular formula is C19H21F2N3O3S. The normalized spacial score (nSPS) is 13.2. The second kappa shape index (κ2) is 9.29. The number of rotatable bonds is 7. The van der Waals surface area contributed by atoms with Crippen LogP contribution in [0.2, 0.25) is 0 Å². The van der Waals surface area contributed by atoms with Crippen molar-refractivity contribution in [3.8, 4) is 0 Å². The van der Waals surface area contributed by atoms with Crippen molar-refractivity contribution >= 4 is 23.4 Å². The first-order valence-corrected chi connectivity index (χ1v) is 10.1. The molecule has 0 fully saturated rings. The predicted octanol–water partition coefficient (Wildman–Crippen LogP) is 2.51. The smallest absolute Gasteiger partial charge is 0.348 e. The molecule has 0 radical (unpaired) electrons. The van der Waals surface area contributed by atoms with Crippen LogP contribution in [0.3, 0.4) is 0 Å². The summed E-state index contributed by atoms with van der Waals surface area (Å²) < 4.78 is 27.8. The first-order valence-electron chi connectivity index (χ1n) is 9.10. The van der Waals surface area contributed by atoms with E-state index in [0.717, 1.165) is 60.8 Å². The van der Waals surface area contributed by atoms with E-state index in [0.29, 0.717) is 18.0 Å². The molecular weight excluding hydrogens is 388 g/mol. The summed E-state index contributed by atoms with van der Waals surface area (Å²) in [5.74, 6) is -2.41. The highest BCUT2D eigenvalue weighted by Gasteiger charge is 2.21. The molecule has 1 amide bonds. The molecule has 0 atom stereocenters. The van der Waals surface area contributed by atoms with Crippen molar-refractivity contribution < 1.29 is 18.7 Å². The fourth-order valence-corrected chi connectivity index (χ4v) is 4.11. The molecule has 0 spiro atoms. The number of carbonyl (C=O) groups is 1. The molecule has 150 valence electrons. The molecule has 6 nitrogen and oxygen atoms in total. The van der Waals surface area contributed by atoms with Gasteiger partial charge in [-0.25, -0.2) is 13.6 Å². The van der Waals surface area contributed by atoms with Gasteiger partial charge in [-0.2, -0.15) is 4.98 Å². The molecule has 0 aliphatic heterocycles. The van der Waals surface area contributed by atoms with Crippen LogP contribution in [0.1, 0.15) is 30.5 Å². The van der Waals surface area contributed by atoms with Crippen LogP contribution < -0.4 is 11.0 Å². The van der Waals surface area contributed by atoms with Gasteiger partial charge in [0.15, 0.2) is 11.6 Å². The number of hydrogen-bond donors (Lipinski definition) is 2. The number of halogens is 2. The highest BCUT2D eigenvalue weighted by Crippen LogP contribution is 2.28. The van der Waals surface area contributed by atoms with Crippen molar-refractivity contribution in [1.29, 1.82) is 0 Å². The number of nitrogens with zero attached hydrogens (tertiary/aromatic N) is 2. The van der Waals surface area contributed by atoms with E-state index >= 15 is 0 Å². The van der Waals surface area contributed by atoms with Gasteiger partial charge in [-0.05, 0) is 44.2 Å². The molecule has 0 unspecified atom stereocenters. The monoisotopic (exact) mass is 409 g/mol. The first kappa shape index (κ1) is 20.5. The summed E-state index contributed by atoms with van der Waals surface area (Å²) in [5, 5.41) is 12.1. The Bertz CT molecular complexity index is 933. The zero-order valence-corrected chi connectivity index (χ0v) is 16.0. The summed E-state index contributed by atoms with van der Waals surface area (Å²) in [6.07, 6.45) is 4.01. The van der Waals surface area contributed by atoms with Crippen molar-refractivity contribution in [2.75, 3.05) is 17.7 Å². The minimum Gasteiger partial charge on any atom is -0.396 e. The first-order chi connectivity index (χ1) is 13.5. The van der Waals surface area contributed by atoms with Gasteiger partial charge in [0, 0.05) is 36.2 Å². The number of thioether (sulfide) groups is 1. The molecule has 9 heteroatoms. The minimum absolute atomic E-state index is 0.00146. The highest BCUT2D eigenvalue weighted by molar-refractivity contribution is 8.00. The van der Waals surface area contributed by atoms with E-state index in [2.05, 4.69) is 10.3 Å². The van der Waals surface area contributed by atoms with Gasteiger partial charge in [0.05, 0.1) is 5.75 Å². The maximum absolute atomic E-state index is 13.2. The van der Waals surface area contributed by atoms with Crippen LogP contribution >= 0.6 is 11.8 Å². The van der Waals surface area contributed by atoms with E-state index in [9.17, 15) is 18.4 Å². The highest BCUT2D eigenvalue weighted by atomic mass is 32.2. The van der Waals surface area contributed by atoms with Gasteiger partial charge < -0.3 is 10.4 Å². The molecule has 1 aromatic carbocycles.